The Labute approximate surface area is 289 Å². The number of nitrogens with zero attached hydrogens (tertiary/aromatic N) is 7. The number of nitrogen functional groups attached to an aromatic ring is 1. The Morgan fingerprint density at radius 1 is 0.500 bits per heavy atom. The van der Waals surface area contributed by atoms with Crippen LogP contribution in [-0.2, 0) is 6.42 Å². The van der Waals surface area contributed by atoms with Gasteiger partial charge in [0, 0.05) is 36.9 Å². The van der Waals surface area contributed by atoms with Gasteiger partial charge in [0.15, 0.2) is 0 Å². The van der Waals surface area contributed by atoms with E-state index < -0.39 is 0 Å². The first-order chi connectivity index (χ1) is 24.7. The first-order valence-electron chi connectivity index (χ1n) is 16.2. The molecule has 3 aromatic carbocycles. The molecule has 0 fully saturated rings. The second kappa shape index (κ2) is 13.7. The zero-order valence-corrected chi connectivity index (χ0v) is 26.9. The zero-order valence-electron chi connectivity index (χ0n) is 26.9. The Kier molecular flexibility index (Phi) is 8.31. The molecule has 0 unspecified atom stereocenters. The largest absolute Gasteiger partial charge is 0.397 e. The molecule has 5 aromatic heterocycles. The van der Waals surface area contributed by atoms with Gasteiger partial charge in [-0.05, 0) is 95.1 Å². The summed E-state index contributed by atoms with van der Waals surface area (Å²) >= 11 is 0. The van der Waals surface area contributed by atoms with Crippen LogP contribution in [0.1, 0.15) is 11.4 Å². The summed E-state index contributed by atoms with van der Waals surface area (Å²) in [6.45, 7) is 0. The van der Waals surface area contributed by atoms with Crippen molar-refractivity contribution in [2.24, 2.45) is 4.99 Å². The van der Waals surface area contributed by atoms with Crippen LogP contribution in [0.15, 0.2) is 163 Å². The van der Waals surface area contributed by atoms with Crippen LogP contribution in [0.3, 0.4) is 0 Å². The maximum atomic E-state index is 6.59. The molecule has 0 aliphatic heterocycles. The van der Waals surface area contributed by atoms with Crippen LogP contribution in [0.5, 0.6) is 0 Å². The number of benzene rings is 3. The van der Waals surface area contributed by atoms with Crippen molar-refractivity contribution in [2.75, 3.05) is 5.73 Å². The summed E-state index contributed by atoms with van der Waals surface area (Å²) in [7, 11) is 0. The summed E-state index contributed by atoms with van der Waals surface area (Å²) in [5.41, 5.74) is 19.0. The second-order valence-electron chi connectivity index (χ2n) is 11.7. The van der Waals surface area contributed by atoms with E-state index >= 15 is 0 Å². The SMILES string of the molecule is Nc1cc(-c2ccc(-c3ccc4nc(-c5ccccn5)c(-c5ccccn5)nc4c3)cc2)ccc1N=C(Cc1ccccn1)c1ccccn1. The minimum atomic E-state index is 0.538. The highest BCUT2D eigenvalue weighted by Crippen LogP contribution is 2.33. The molecule has 0 aliphatic rings. The van der Waals surface area contributed by atoms with Crippen LogP contribution >= 0.6 is 0 Å². The number of hydrogen-bond acceptors (Lipinski definition) is 8. The van der Waals surface area contributed by atoms with Crippen molar-refractivity contribution < 1.29 is 0 Å². The van der Waals surface area contributed by atoms with Crippen LogP contribution in [0.2, 0.25) is 0 Å². The van der Waals surface area contributed by atoms with Crippen LogP contribution in [0, 0.1) is 0 Å². The number of aromatic nitrogens is 6. The van der Waals surface area contributed by atoms with Gasteiger partial charge in [-0.3, -0.25) is 19.9 Å². The van der Waals surface area contributed by atoms with E-state index in [9.17, 15) is 0 Å². The third-order valence-corrected chi connectivity index (χ3v) is 8.35. The average molecular weight is 647 g/mol. The van der Waals surface area contributed by atoms with E-state index in [-0.39, 0.29) is 0 Å². The molecule has 0 saturated heterocycles. The van der Waals surface area contributed by atoms with E-state index in [1.165, 1.54) is 0 Å². The molecule has 50 heavy (non-hydrogen) atoms. The molecule has 0 spiro atoms. The van der Waals surface area contributed by atoms with E-state index in [1.54, 1.807) is 24.8 Å². The summed E-state index contributed by atoms with van der Waals surface area (Å²) in [6.07, 6.45) is 7.61. The van der Waals surface area contributed by atoms with Gasteiger partial charge in [-0.25, -0.2) is 15.0 Å². The van der Waals surface area contributed by atoms with Gasteiger partial charge >= 0.3 is 0 Å². The summed E-state index contributed by atoms with van der Waals surface area (Å²) in [6, 6.07) is 43.8. The van der Waals surface area contributed by atoms with Gasteiger partial charge in [0.2, 0.25) is 0 Å². The summed E-state index contributed by atoms with van der Waals surface area (Å²) < 4.78 is 0. The fraction of sp³-hybridized carbons (Fsp3) is 0.0238. The van der Waals surface area contributed by atoms with Crippen molar-refractivity contribution in [3.05, 3.63) is 170 Å². The summed E-state index contributed by atoms with van der Waals surface area (Å²) in [5, 5.41) is 0. The molecule has 8 aromatic rings. The van der Waals surface area contributed by atoms with E-state index in [2.05, 4.69) is 56.3 Å². The predicted molar refractivity (Wildman–Crippen MR) is 200 cm³/mol. The highest BCUT2D eigenvalue weighted by molar-refractivity contribution is 6.02. The van der Waals surface area contributed by atoms with Crippen molar-refractivity contribution in [2.45, 2.75) is 6.42 Å². The highest BCUT2D eigenvalue weighted by Gasteiger charge is 2.16. The van der Waals surface area contributed by atoms with E-state index in [4.69, 9.17) is 20.7 Å². The number of hydrogen-bond donors (Lipinski definition) is 1. The molecular weight excluding hydrogens is 617 g/mol. The molecule has 2 N–H and O–H groups in total. The van der Waals surface area contributed by atoms with Crippen LogP contribution in [0.25, 0.3) is 56.1 Å². The first-order valence-corrected chi connectivity index (χ1v) is 16.2. The van der Waals surface area contributed by atoms with E-state index in [0.29, 0.717) is 29.2 Å². The molecule has 8 nitrogen and oxygen atoms in total. The third kappa shape index (κ3) is 6.46. The molecule has 8 heteroatoms. The van der Waals surface area contributed by atoms with Crippen LogP contribution < -0.4 is 5.73 Å². The predicted octanol–water partition coefficient (Wildman–Crippen LogP) is 8.82. The van der Waals surface area contributed by atoms with Gasteiger partial charge in [-0.15, -0.1) is 0 Å². The Bertz CT molecular complexity index is 2430. The molecule has 0 bridgehead atoms. The van der Waals surface area contributed by atoms with Crippen molar-refractivity contribution in [3.8, 4) is 45.0 Å². The van der Waals surface area contributed by atoms with Crippen molar-refractivity contribution in [3.63, 3.8) is 0 Å². The number of fused-ring (bicyclic) bond motifs is 1. The second-order valence-corrected chi connectivity index (χ2v) is 11.7. The molecule has 238 valence electrons. The van der Waals surface area contributed by atoms with E-state index in [0.717, 1.165) is 61.8 Å². The molecule has 0 saturated carbocycles. The maximum Gasteiger partial charge on any atom is 0.117 e. The Morgan fingerprint density at radius 2 is 1.06 bits per heavy atom. The monoisotopic (exact) mass is 646 g/mol. The van der Waals surface area contributed by atoms with Gasteiger partial charge in [0.1, 0.15) is 11.4 Å². The normalized spacial score (nSPS) is 11.5. The van der Waals surface area contributed by atoms with Crippen molar-refractivity contribution in [1.82, 2.24) is 29.9 Å². The van der Waals surface area contributed by atoms with E-state index in [1.807, 2.05) is 97.1 Å². The molecule has 0 radical (unpaired) electrons. The molecule has 8 rings (SSSR count). The lowest BCUT2D eigenvalue weighted by atomic mass is 9.99. The van der Waals surface area contributed by atoms with Gasteiger partial charge in [-0.1, -0.05) is 60.7 Å². The van der Waals surface area contributed by atoms with Crippen LogP contribution in [-0.4, -0.2) is 35.6 Å². The fourth-order valence-corrected chi connectivity index (χ4v) is 5.83. The van der Waals surface area contributed by atoms with Crippen LogP contribution in [0.4, 0.5) is 11.4 Å². The number of rotatable bonds is 8. The molecular formula is C42H30N8. The summed E-state index contributed by atoms with van der Waals surface area (Å²) in [4.78, 5) is 33.1. The number of anilines is 1. The molecule has 0 amide bonds. The Morgan fingerprint density at radius 3 is 1.64 bits per heavy atom. The topological polar surface area (TPSA) is 116 Å². The zero-order chi connectivity index (χ0) is 33.7. The van der Waals surface area contributed by atoms with Gasteiger partial charge in [-0.2, -0.15) is 0 Å². The fourth-order valence-electron chi connectivity index (χ4n) is 5.83. The molecule has 0 aliphatic carbocycles. The Balaban J connectivity index is 1.09. The molecule has 0 atom stereocenters. The summed E-state index contributed by atoms with van der Waals surface area (Å²) in [5.74, 6) is 0. The average Bonchev–Trinajstić information content (AvgIpc) is 3.19. The minimum absolute atomic E-state index is 0.538. The third-order valence-electron chi connectivity index (χ3n) is 8.35. The van der Waals surface area contributed by atoms with Crippen molar-refractivity contribution in [1.29, 1.82) is 0 Å². The van der Waals surface area contributed by atoms with Gasteiger partial charge in [0.25, 0.3) is 0 Å². The first kappa shape index (κ1) is 30.4. The van der Waals surface area contributed by atoms with Crippen molar-refractivity contribution >= 4 is 28.1 Å². The maximum absolute atomic E-state index is 6.59. The van der Waals surface area contributed by atoms with Gasteiger partial charge < -0.3 is 5.73 Å². The highest BCUT2D eigenvalue weighted by atomic mass is 14.9. The lowest BCUT2D eigenvalue weighted by Crippen LogP contribution is -2.08. The lowest BCUT2D eigenvalue weighted by molar-refractivity contribution is 1.12. The quantitative estimate of drug-likeness (QED) is 0.130. The minimum Gasteiger partial charge on any atom is -0.397 e. The van der Waals surface area contributed by atoms with Gasteiger partial charge in [0.05, 0.1) is 45.2 Å². The Hall–Kier alpha value is -6.93. The standard InChI is InChI=1S/C42H30N8/c43-33-25-30(17-19-34(33)48-40(35-10-2-6-22-45-35)27-32-9-1-5-21-44-32)28-13-15-29(16-14-28)31-18-20-36-39(26-31)50-42(38-12-4-8-24-47-38)41(49-36)37-11-3-7-23-46-37/h1-26H,27,43H2. The number of aliphatic imine (C=N–C) groups is 1. The number of pyridine rings is 4. The number of nitrogens with two attached hydrogens (primary N) is 1. The molecule has 5 heterocycles. The lowest BCUT2D eigenvalue weighted by Gasteiger charge is -2.11. The smallest absolute Gasteiger partial charge is 0.117 e.